The highest BCUT2D eigenvalue weighted by Gasteiger charge is 2.55. The van der Waals surface area contributed by atoms with Gasteiger partial charge in [-0.15, -0.1) is 5.10 Å². The average Bonchev–Trinajstić information content (AvgIpc) is 3.35. The van der Waals surface area contributed by atoms with E-state index < -0.39 is 0 Å². The minimum atomic E-state index is -0.187. The Bertz CT molecular complexity index is 1880. The molecule has 3 atom stereocenters. The van der Waals surface area contributed by atoms with Gasteiger partial charge in [0.2, 0.25) is 0 Å². The lowest BCUT2D eigenvalue weighted by Gasteiger charge is -2.19. The van der Waals surface area contributed by atoms with Gasteiger partial charge in [-0.2, -0.15) is 0 Å². The fraction of sp³-hybridized carbons (Fsp3) is 0.269. The summed E-state index contributed by atoms with van der Waals surface area (Å²) in [7, 11) is 0. The molecule has 3 aliphatic rings. The van der Waals surface area contributed by atoms with Crippen LogP contribution in [0.4, 0.5) is 0 Å². The number of nitrogens with one attached hydrogen (secondary N) is 1. The molecule has 0 amide bonds. The lowest BCUT2D eigenvalue weighted by Crippen LogP contribution is -2.28. The molecule has 4 aromatic heterocycles. The van der Waals surface area contributed by atoms with Crippen molar-refractivity contribution >= 4 is 33.8 Å². The van der Waals surface area contributed by atoms with E-state index in [2.05, 4.69) is 25.7 Å². The fourth-order valence-electron chi connectivity index (χ4n) is 5.86. The van der Waals surface area contributed by atoms with Gasteiger partial charge in [0.05, 0.1) is 35.0 Å². The number of aromatic amines is 1. The fourth-order valence-corrected chi connectivity index (χ4v) is 6.06. The van der Waals surface area contributed by atoms with E-state index in [4.69, 9.17) is 26.1 Å². The molecule has 1 fully saturated rings. The lowest BCUT2D eigenvalue weighted by atomic mass is 10.00. The molecule has 8 rings (SSSR count). The number of aryl methyl sites for hydroxylation is 1. The lowest BCUT2D eigenvalue weighted by molar-refractivity contribution is 0.450. The number of aromatic nitrogens is 9. The average molecular weight is 526 g/mol. The molecule has 0 bridgehead atoms. The number of nitrogens with zero attached hydrogens (tertiary/aromatic N) is 8. The van der Waals surface area contributed by atoms with Gasteiger partial charge in [-0.25, -0.2) is 14.6 Å². The molecule has 1 N–H and O–H groups in total. The molecule has 0 saturated heterocycles. The first-order valence-electron chi connectivity index (χ1n) is 12.4. The van der Waals surface area contributed by atoms with Crippen molar-refractivity contribution in [2.45, 2.75) is 38.1 Å². The third-order valence-electron chi connectivity index (χ3n) is 7.79. The van der Waals surface area contributed by atoms with Gasteiger partial charge in [0.15, 0.2) is 5.58 Å². The van der Waals surface area contributed by atoms with Crippen molar-refractivity contribution < 1.29 is 4.52 Å². The smallest absolute Gasteiger partial charge is 0.254 e. The Morgan fingerprint density at radius 2 is 2.13 bits per heavy atom. The zero-order chi connectivity index (χ0) is 25.5. The minimum absolute atomic E-state index is 0.114. The van der Waals surface area contributed by atoms with Gasteiger partial charge >= 0.3 is 0 Å². The summed E-state index contributed by atoms with van der Waals surface area (Å²) in [6.45, 7) is 1.92. The van der Waals surface area contributed by atoms with Crippen LogP contribution in [0.25, 0.3) is 33.5 Å². The number of halogens is 1. The van der Waals surface area contributed by atoms with E-state index in [1.807, 2.05) is 31.2 Å². The first-order valence-corrected chi connectivity index (χ1v) is 12.8. The predicted octanol–water partition coefficient (Wildman–Crippen LogP) is 4.06. The van der Waals surface area contributed by atoms with Crippen LogP contribution in [0.5, 0.6) is 0 Å². The second kappa shape index (κ2) is 7.81. The summed E-state index contributed by atoms with van der Waals surface area (Å²) < 4.78 is 8.84. The zero-order valence-corrected chi connectivity index (χ0v) is 20.9. The summed E-state index contributed by atoms with van der Waals surface area (Å²) in [6, 6.07) is 7.36. The Labute approximate surface area is 219 Å². The molecule has 188 valence electrons. The molecule has 12 heteroatoms. The van der Waals surface area contributed by atoms with E-state index in [-0.39, 0.29) is 23.4 Å². The van der Waals surface area contributed by atoms with Crippen LogP contribution in [0.2, 0.25) is 0 Å². The van der Waals surface area contributed by atoms with Gasteiger partial charge in [0.1, 0.15) is 18.0 Å². The van der Waals surface area contributed by atoms with Crippen LogP contribution >= 0.6 is 11.6 Å². The molecule has 38 heavy (non-hydrogen) atoms. The van der Waals surface area contributed by atoms with Crippen LogP contribution in [0.3, 0.4) is 0 Å². The molecule has 5 aromatic rings. The first kappa shape index (κ1) is 21.7. The SMILES string of the molecule is Cc1noc2cc(-c3cnc(C4C5CC5c5nc(C6=C(n7cnnn7)CCC(Cl)=C6)cc(=O)n54)[nH]3)ccc12. The van der Waals surface area contributed by atoms with Gasteiger partial charge in [0.25, 0.3) is 5.56 Å². The number of allylic oxidation sites excluding steroid dienone is 4. The first-order chi connectivity index (χ1) is 18.5. The van der Waals surface area contributed by atoms with Crippen LogP contribution < -0.4 is 5.56 Å². The van der Waals surface area contributed by atoms with E-state index in [0.29, 0.717) is 23.6 Å². The van der Waals surface area contributed by atoms with Crippen molar-refractivity contribution in [2.75, 3.05) is 0 Å². The summed E-state index contributed by atoms with van der Waals surface area (Å²) >= 11 is 6.40. The molecular formula is C26H20ClN9O2. The van der Waals surface area contributed by atoms with Crippen molar-refractivity contribution in [1.82, 2.24) is 44.9 Å². The molecular weight excluding hydrogens is 506 g/mol. The maximum Gasteiger partial charge on any atom is 0.254 e. The van der Waals surface area contributed by atoms with Crippen LogP contribution in [0.15, 0.2) is 57.2 Å². The highest BCUT2D eigenvalue weighted by molar-refractivity contribution is 6.30. The Morgan fingerprint density at radius 3 is 3.00 bits per heavy atom. The Balaban J connectivity index is 1.19. The summed E-state index contributed by atoms with van der Waals surface area (Å²) in [5.74, 6) is 2.04. The standard InChI is InChI=1S/C26H20ClN9O2/c1-12-15-4-2-13(6-22(15)38-32-12)20-10-28-25(30-20)24-16-8-17(16)26-31-19(9-23(37)36(24)26)18-7-14(27)3-5-21(18)35-11-29-33-34-35/h2,4,6-7,9-11,16-17,24H,3,5,8H2,1H3,(H,28,30). The van der Waals surface area contributed by atoms with Gasteiger partial charge in [-0.1, -0.05) is 22.8 Å². The number of hydrogen-bond donors (Lipinski definition) is 1. The monoisotopic (exact) mass is 525 g/mol. The maximum absolute atomic E-state index is 13.6. The van der Waals surface area contributed by atoms with Crippen molar-refractivity contribution in [1.29, 1.82) is 0 Å². The number of fused-ring (bicyclic) bond motifs is 4. The molecule has 0 radical (unpaired) electrons. The second-order valence-corrected chi connectivity index (χ2v) is 10.5. The largest absolute Gasteiger partial charge is 0.356 e. The van der Waals surface area contributed by atoms with Crippen LogP contribution in [-0.4, -0.2) is 44.9 Å². The summed E-state index contributed by atoms with van der Waals surface area (Å²) in [4.78, 5) is 26.7. The minimum Gasteiger partial charge on any atom is -0.356 e. The topological polar surface area (TPSA) is 133 Å². The second-order valence-electron chi connectivity index (χ2n) is 10.0. The van der Waals surface area contributed by atoms with Crippen molar-refractivity contribution in [2.24, 2.45) is 5.92 Å². The number of benzene rings is 1. The molecule has 1 aromatic carbocycles. The maximum atomic E-state index is 13.6. The number of H-pyrrole nitrogens is 1. The van der Waals surface area contributed by atoms with E-state index >= 15 is 0 Å². The van der Waals surface area contributed by atoms with E-state index in [1.54, 1.807) is 27.8 Å². The zero-order valence-electron chi connectivity index (χ0n) is 20.2. The van der Waals surface area contributed by atoms with E-state index in [0.717, 1.165) is 57.3 Å². The van der Waals surface area contributed by atoms with Gasteiger partial charge in [-0.05, 0) is 60.7 Å². The number of imidazole rings is 1. The van der Waals surface area contributed by atoms with Gasteiger partial charge in [0, 0.05) is 33.5 Å². The number of hydrogen-bond acceptors (Lipinski definition) is 8. The van der Waals surface area contributed by atoms with Crippen LogP contribution in [0, 0.1) is 12.8 Å². The molecule has 1 saturated carbocycles. The molecule has 3 unspecified atom stereocenters. The Morgan fingerprint density at radius 1 is 1.21 bits per heavy atom. The highest BCUT2D eigenvalue weighted by atomic mass is 35.5. The summed E-state index contributed by atoms with van der Waals surface area (Å²) in [6.07, 6.45) is 7.52. The number of rotatable bonds is 4. The quantitative estimate of drug-likeness (QED) is 0.371. The molecule has 2 aliphatic carbocycles. The Hall–Kier alpha value is -4.38. The van der Waals surface area contributed by atoms with E-state index in [1.165, 1.54) is 0 Å². The molecule has 0 spiro atoms. The Kier molecular flexibility index (Phi) is 4.46. The van der Waals surface area contributed by atoms with Crippen LogP contribution in [-0.2, 0) is 0 Å². The third-order valence-corrected chi connectivity index (χ3v) is 8.09. The molecule has 1 aliphatic heterocycles. The normalized spacial score (nSPS) is 22.1. The summed E-state index contributed by atoms with van der Waals surface area (Å²) in [5.41, 5.74) is 5.51. The predicted molar refractivity (Wildman–Crippen MR) is 138 cm³/mol. The van der Waals surface area contributed by atoms with Crippen LogP contribution in [0.1, 0.15) is 54.3 Å². The van der Waals surface area contributed by atoms with Crippen molar-refractivity contribution in [3.8, 4) is 11.3 Å². The van der Waals surface area contributed by atoms with E-state index in [9.17, 15) is 4.79 Å². The number of tetrazole rings is 1. The third kappa shape index (κ3) is 3.18. The molecule has 5 heterocycles. The molecule has 11 nitrogen and oxygen atoms in total. The van der Waals surface area contributed by atoms with Gasteiger partial charge in [-0.3, -0.25) is 9.36 Å². The highest BCUT2D eigenvalue weighted by Crippen LogP contribution is 2.59. The summed E-state index contributed by atoms with van der Waals surface area (Å²) in [5, 5.41) is 17.3. The van der Waals surface area contributed by atoms with Gasteiger partial charge < -0.3 is 9.51 Å². The van der Waals surface area contributed by atoms with Crippen molar-refractivity contribution in [3.63, 3.8) is 0 Å². The van der Waals surface area contributed by atoms with Crippen molar-refractivity contribution in [3.05, 3.63) is 81.3 Å².